The fourth-order valence-electron chi connectivity index (χ4n) is 3.98. The van der Waals surface area contributed by atoms with Gasteiger partial charge in [-0.3, -0.25) is 0 Å². The summed E-state index contributed by atoms with van der Waals surface area (Å²) in [5.74, 6) is 0.421. The minimum absolute atomic E-state index is 0.208. The van der Waals surface area contributed by atoms with Crippen LogP contribution in [0.25, 0.3) is 0 Å². The molecule has 1 fully saturated rings. The molecule has 0 saturated carbocycles. The molecule has 2 aromatic carbocycles. The van der Waals surface area contributed by atoms with E-state index < -0.39 is 28.3 Å². The molecule has 2 aromatic rings. The minimum atomic E-state index is -3.70. The van der Waals surface area contributed by atoms with Crippen LogP contribution in [0.2, 0.25) is 0 Å². The van der Waals surface area contributed by atoms with Gasteiger partial charge in [0.15, 0.2) is 0 Å². The second kappa shape index (κ2) is 8.17. The number of hydrogen-bond acceptors (Lipinski definition) is 5. The van der Waals surface area contributed by atoms with Gasteiger partial charge in [-0.1, -0.05) is 37.3 Å². The Morgan fingerprint density at radius 1 is 1.06 bits per heavy atom. The second-order valence-electron chi connectivity index (χ2n) is 9.67. The van der Waals surface area contributed by atoms with Crippen molar-refractivity contribution in [1.82, 2.24) is 4.31 Å². The molecule has 1 saturated heterocycles. The van der Waals surface area contributed by atoms with E-state index in [0.717, 1.165) is 16.6 Å². The molecular weight excluding hydrogens is 425 g/mol. The Labute approximate surface area is 192 Å². The van der Waals surface area contributed by atoms with Gasteiger partial charge in [-0.25, -0.2) is 8.42 Å². The smallest absolute Gasteiger partial charge is 0.488 e. The lowest BCUT2D eigenvalue weighted by Crippen LogP contribution is -2.41. The molecule has 0 radical (unpaired) electrons. The van der Waals surface area contributed by atoms with Crippen LogP contribution in [0.5, 0.6) is 5.75 Å². The number of ether oxygens (including phenoxy) is 1. The first kappa shape index (κ1) is 23.3. The lowest BCUT2D eigenvalue weighted by molar-refractivity contribution is 0.00578. The van der Waals surface area contributed by atoms with Crippen molar-refractivity contribution >= 4 is 22.6 Å². The van der Waals surface area contributed by atoms with Crippen LogP contribution >= 0.6 is 0 Å². The van der Waals surface area contributed by atoms with Crippen molar-refractivity contribution in [2.24, 2.45) is 0 Å². The average molecular weight is 457 g/mol. The largest absolute Gasteiger partial charge is 0.494 e. The summed E-state index contributed by atoms with van der Waals surface area (Å²) in [6, 6.07) is 12.9. The van der Waals surface area contributed by atoms with Gasteiger partial charge in [-0.15, -0.1) is 0 Å². The van der Waals surface area contributed by atoms with E-state index in [1.54, 1.807) is 24.3 Å². The molecule has 8 heteroatoms. The summed E-state index contributed by atoms with van der Waals surface area (Å²) in [4.78, 5) is 0.218. The van der Waals surface area contributed by atoms with E-state index in [1.807, 2.05) is 59.7 Å². The maximum absolute atomic E-state index is 13.5. The van der Waals surface area contributed by atoms with Crippen LogP contribution in [0.3, 0.4) is 0 Å². The number of benzene rings is 2. The highest BCUT2D eigenvalue weighted by Crippen LogP contribution is 2.37. The van der Waals surface area contributed by atoms with E-state index in [4.69, 9.17) is 14.0 Å². The molecule has 0 aliphatic carbocycles. The molecule has 2 aliphatic rings. The summed E-state index contributed by atoms with van der Waals surface area (Å²) in [5.41, 5.74) is 1.96. The van der Waals surface area contributed by atoms with E-state index in [2.05, 4.69) is 0 Å². The SMILES string of the molecule is CC[C@@H]1CN(Cc2cc(B3OC(C)(C)C(C)(C)O3)ccc2C)S(=O)(=O)c2ccccc2O1. The molecule has 0 aromatic heterocycles. The van der Waals surface area contributed by atoms with Crippen molar-refractivity contribution in [1.29, 1.82) is 0 Å². The summed E-state index contributed by atoms with van der Waals surface area (Å²) in [6.45, 7) is 12.7. The third kappa shape index (κ3) is 4.09. The van der Waals surface area contributed by atoms with Gasteiger partial charge in [0, 0.05) is 6.54 Å². The molecule has 2 aliphatic heterocycles. The lowest BCUT2D eigenvalue weighted by Gasteiger charge is -2.32. The van der Waals surface area contributed by atoms with Gasteiger partial charge in [0.25, 0.3) is 0 Å². The standard InChI is InChI=1S/C24H32BNO5S/c1-7-20-16-26(32(27,28)22-11-9-8-10-21(22)29-20)15-18-14-19(13-12-17(18)2)25-30-23(3,4)24(5,6)31-25/h8-14,20H,7,15-16H2,1-6H3/t20-/m1/s1. The van der Waals surface area contributed by atoms with E-state index in [-0.39, 0.29) is 17.5 Å². The maximum Gasteiger partial charge on any atom is 0.494 e. The fraction of sp³-hybridized carbons (Fsp3) is 0.500. The summed E-state index contributed by atoms with van der Waals surface area (Å²) in [5, 5.41) is 0. The van der Waals surface area contributed by atoms with Gasteiger partial charge in [-0.05, 0) is 69.8 Å². The van der Waals surface area contributed by atoms with E-state index in [9.17, 15) is 8.42 Å². The van der Waals surface area contributed by atoms with Crippen molar-refractivity contribution in [2.75, 3.05) is 6.54 Å². The number of sulfonamides is 1. The summed E-state index contributed by atoms with van der Waals surface area (Å²) in [7, 11) is -4.19. The number of rotatable bonds is 4. The van der Waals surface area contributed by atoms with Crippen LogP contribution in [0, 0.1) is 6.92 Å². The van der Waals surface area contributed by atoms with Gasteiger partial charge in [0.1, 0.15) is 16.7 Å². The van der Waals surface area contributed by atoms with Crippen molar-refractivity contribution < 1.29 is 22.5 Å². The van der Waals surface area contributed by atoms with Crippen LogP contribution in [-0.2, 0) is 25.9 Å². The number of fused-ring (bicyclic) bond motifs is 1. The molecule has 0 spiro atoms. The van der Waals surface area contributed by atoms with Crippen molar-refractivity contribution in [3.05, 3.63) is 53.6 Å². The first-order chi connectivity index (χ1) is 14.9. The van der Waals surface area contributed by atoms with Crippen LogP contribution < -0.4 is 10.2 Å². The molecule has 32 heavy (non-hydrogen) atoms. The quantitative estimate of drug-likeness (QED) is 0.656. The average Bonchev–Trinajstić information content (AvgIpc) is 2.88. The molecule has 0 N–H and O–H groups in total. The zero-order chi connectivity index (χ0) is 23.3. The predicted octanol–water partition coefficient (Wildman–Crippen LogP) is 3.66. The Hall–Kier alpha value is -1.87. The molecule has 0 bridgehead atoms. The topological polar surface area (TPSA) is 65.1 Å². The highest BCUT2D eigenvalue weighted by atomic mass is 32.2. The normalized spacial score (nSPS) is 23.9. The Bertz CT molecular complexity index is 1100. The monoisotopic (exact) mass is 457 g/mol. The van der Waals surface area contributed by atoms with Gasteiger partial charge < -0.3 is 14.0 Å². The molecule has 0 unspecified atom stereocenters. The van der Waals surface area contributed by atoms with Crippen molar-refractivity contribution in [3.63, 3.8) is 0 Å². The molecule has 2 heterocycles. The van der Waals surface area contributed by atoms with E-state index in [0.29, 0.717) is 18.7 Å². The van der Waals surface area contributed by atoms with Crippen LogP contribution in [-0.4, -0.2) is 43.7 Å². The van der Waals surface area contributed by atoms with Crippen molar-refractivity contribution in [3.8, 4) is 5.75 Å². The molecule has 172 valence electrons. The third-order valence-corrected chi connectivity index (χ3v) is 8.72. The molecular formula is C24H32BNO5S. The predicted molar refractivity (Wildman–Crippen MR) is 126 cm³/mol. The fourth-order valence-corrected chi connectivity index (χ4v) is 5.55. The lowest BCUT2D eigenvalue weighted by atomic mass is 9.78. The summed E-state index contributed by atoms with van der Waals surface area (Å²) >= 11 is 0. The molecule has 0 amide bonds. The van der Waals surface area contributed by atoms with Gasteiger partial charge in [-0.2, -0.15) is 4.31 Å². The highest BCUT2D eigenvalue weighted by Gasteiger charge is 2.51. The third-order valence-electron chi connectivity index (χ3n) is 6.87. The van der Waals surface area contributed by atoms with Crippen LogP contribution in [0.4, 0.5) is 0 Å². The Balaban J connectivity index is 1.67. The Morgan fingerprint density at radius 3 is 2.38 bits per heavy atom. The Kier molecular flexibility index (Phi) is 5.95. The van der Waals surface area contributed by atoms with E-state index >= 15 is 0 Å². The van der Waals surface area contributed by atoms with Crippen LogP contribution in [0.1, 0.15) is 52.2 Å². The minimum Gasteiger partial charge on any atom is -0.488 e. The number of aryl methyl sites for hydroxylation is 1. The van der Waals surface area contributed by atoms with Crippen molar-refractivity contribution in [2.45, 2.75) is 76.7 Å². The zero-order valence-corrected chi connectivity index (χ0v) is 20.5. The molecule has 4 rings (SSSR count). The number of nitrogens with zero attached hydrogens (tertiary/aromatic N) is 1. The second-order valence-corrected chi connectivity index (χ2v) is 11.6. The molecule has 1 atom stereocenters. The zero-order valence-electron chi connectivity index (χ0n) is 19.7. The van der Waals surface area contributed by atoms with E-state index in [1.165, 1.54) is 4.31 Å². The first-order valence-electron chi connectivity index (χ1n) is 11.2. The van der Waals surface area contributed by atoms with Crippen LogP contribution in [0.15, 0.2) is 47.4 Å². The van der Waals surface area contributed by atoms with Gasteiger partial charge >= 0.3 is 7.12 Å². The summed E-state index contributed by atoms with van der Waals surface area (Å²) < 4.78 is 47.0. The molecule has 6 nitrogen and oxygen atoms in total. The summed E-state index contributed by atoms with van der Waals surface area (Å²) in [6.07, 6.45) is 0.507. The first-order valence-corrected chi connectivity index (χ1v) is 12.6. The van der Waals surface area contributed by atoms with Gasteiger partial charge in [0.05, 0.1) is 17.7 Å². The number of hydrogen-bond donors (Lipinski definition) is 0. The highest BCUT2D eigenvalue weighted by molar-refractivity contribution is 7.89. The maximum atomic E-state index is 13.5. The van der Waals surface area contributed by atoms with Gasteiger partial charge in [0.2, 0.25) is 10.0 Å². The number of para-hydroxylation sites is 1. The Morgan fingerprint density at radius 2 is 1.72 bits per heavy atom.